The maximum Gasteiger partial charge on any atom is 0.311 e. The number of allylic oxidation sites excluding steroid dienone is 3. The molecule has 0 saturated carbocycles. The minimum Gasteiger partial charge on any atom is -0.461 e. The summed E-state index contributed by atoms with van der Waals surface area (Å²) in [5, 5.41) is 0. The minimum atomic E-state index is -0.0185. The van der Waals surface area contributed by atoms with Crippen LogP contribution in [-0.2, 0) is 9.53 Å². The highest BCUT2D eigenvalue weighted by atomic mass is 16.6. The molecule has 0 bridgehead atoms. The smallest absolute Gasteiger partial charge is 0.311 e. The highest BCUT2D eigenvalue weighted by molar-refractivity contribution is 5.76. The van der Waals surface area contributed by atoms with Gasteiger partial charge in [0.1, 0.15) is 6.10 Å². The monoisotopic (exact) mass is 392 g/mol. The van der Waals surface area contributed by atoms with E-state index in [0.717, 1.165) is 45.6 Å². The van der Waals surface area contributed by atoms with Gasteiger partial charge in [0.05, 0.1) is 5.92 Å². The number of anilines is 1. The third-order valence-electron chi connectivity index (χ3n) is 7.65. The number of ether oxygens (including phenoxy) is 1. The van der Waals surface area contributed by atoms with Crippen molar-refractivity contribution >= 4 is 11.7 Å². The molecule has 4 atom stereocenters. The molecule has 0 radical (unpaired) electrons. The van der Waals surface area contributed by atoms with Crippen LogP contribution in [0.25, 0.3) is 0 Å². The van der Waals surface area contributed by atoms with E-state index in [4.69, 9.17) is 4.74 Å². The Kier molecular flexibility index (Phi) is 4.78. The Morgan fingerprint density at radius 1 is 1.14 bits per heavy atom. The first-order chi connectivity index (χ1) is 14.0. The van der Waals surface area contributed by atoms with Gasteiger partial charge in [0.15, 0.2) is 0 Å². The van der Waals surface area contributed by atoms with Crippen LogP contribution in [0.1, 0.15) is 33.1 Å². The van der Waals surface area contributed by atoms with Gasteiger partial charge in [-0.2, -0.15) is 0 Å². The molecule has 0 N–H and O–H groups in total. The molecule has 29 heavy (non-hydrogen) atoms. The number of carbonyl (C=O) groups is 1. The number of rotatable bonds is 3. The normalized spacial score (nSPS) is 34.8. The van der Waals surface area contributed by atoms with E-state index in [1.807, 2.05) is 0 Å². The molecular formula is C25H32N2O2. The number of esters is 1. The number of hydrogen-bond acceptors (Lipinski definition) is 4. The Hall–Kier alpha value is -2.07. The Morgan fingerprint density at radius 2 is 1.90 bits per heavy atom. The standard InChI is InChI=1S/C25H32N2O2/c1-18-7-6-10-25(2)16-23-20(15-22(18)25)21(24(28)29-23)17-26-11-13-27(14-12-26)19-8-4-3-5-9-19/h3-5,7-9,15,20-21,23H,6,10-14,16-17H2,1-2H3/t20-,21+,23-,25-/m1/s1. The second-order valence-electron chi connectivity index (χ2n) is 9.55. The first-order valence-corrected chi connectivity index (χ1v) is 11.2. The number of nitrogens with zero attached hydrogens (tertiary/aromatic N) is 2. The molecule has 2 aliphatic heterocycles. The lowest BCUT2D eigenvalue weighted by atomic mass is 9.62. The predicted molar refractivity (Wildman–Crippen MR) is 116 cm³/mol. The highest BCUT2D eigenvalue weighted by Gasteiger charge is 2.51. The second-order valence-corrected chi connectivity index (χ2v) is 9.55. The lowest BCUT2D eigenvalue weighted by Gasteiger charge is -2.43. The van der Waals surface area contributed by atoms with Crippen LogP contribution >= 0.6 is 0 Å². The average Bonchev–Trinajstić information content (AvgIpc) is 3.01. The van der Waals surface area contributed by atoms with E-state index in [9.17, 15) is 4.79 Å². The van der Waals surface area contributed by atoms with Crippen LogP contribution in [0.3, 0.4) is 0 Å². The van der Waals surface area contributed by atoms with Gasteiger partial charge in [-0.3, -0.25) is 9.69 Å². The minimum absolute atomic E-state index is 0.0185. The van der Waals surface area contributed by atoms with Gasteiger partial charge in [-0.1, -0.05) is 42.8 Å². The van der Waals surface area contributed by atoms with E-state index >= 15 is 0 Å². The molecule has 0 unspecified atom stereocenters. The fraction of sp³-hybridized carbons (Fsp3) is 0.560. The average molecular weight is 393 g/mol. The number of piperazine rings is 1. The van der Waals surface area contributed by atoms with Crippen LogP contribution in [0.2, 0.25) is 0 Å². The summed E-state index contributed by atoms with van der Waals surface area (Å²) in [6.45, 7) is 9.45. The number of benzene rings is 1. The molecule has 0 aromatic heterocycles. The molecule has 0 amide bonds. The first-order valence-electron chi connectivity index (χ1n) is 11.2. The van der Waals surface area contributed by atoms with E-state index in [2.05, 4.69) is 66.1 Å². The van der Waals surface area contributed by atoms with Crippen molar-refractivity contribution in [2.45, 2.75) is 39.2 Å². The van der Waals surface area contributed by atoms with Gasteiger partial charge in [-0.05, 0) is 49.3 Å². The maximum absolute atomic E-state index is 12.8. The van der Waals surface area contributed by atoms with Crippen LogP contribution in [-0.4, -0.2) is 49.7 Å². The van der Waals surface area contributed by atoms with Crippen LogP contribution in [0.4, 0.5) is 5.69 Å². The van der Waals surface area contributed by atoms with Crippen LogP contribution in [0, 0.1) is 17.3 Å². The van der Waals surface area contributed by atoms with Gasteiger partial charge in [0.2, 0.25) is 0 Å². The van der Waals surface area contributed by atoms with Gasteiger partial charge < -0.3 is 9.64 Å². The van der Waals surface area contributed by atoms with Gasteiger partial charge in [-0.25, -0.2) is 0 Å². The molecule has 154 valence electrons. The summed E-state index contributed by atoms with van der Waals surface area (Å²) in [6, 6.07) is 10.6. The lowest BCUT2D eigenvalue weighted by molar-refractivity contribution is -0.145. The van der Waals surface area contributed by atoms with Crippen molar-refractivity contribution in [2.24, 2.45) is 17.3 Å². The molecule has 1 aromatic carbocycles. The van der Waals surface area contributed by atoms with Gasteiger partial charge >= 0.3 is 5.97 Å². The van der Waals surface area contributed by atoms with E-state index in [0.29, 0.717) is 0 Å². The molecule has 4 aliphatic rings. The van der Waals surface area contributed by atoms with E-state index < -0.39 is 0 Å². The molecule has 5 rings (SSSR count). The summed E-state index contributed by atoms with van der Waals surface area (Å²) in [4.78, 5) is 17.7. The van der Waals surface area contributed by atoms with E-state index in [1.165, 1.54) is 23.3 Å². The zero-order valence-corrected chi connectivity index (χ0v) is 17.6. The van der Waals surface area contributed by atoms with Crippen LogP contribution in [0.15, 0.2) is 53.6 Å². The Bertz CT molecular complexity index is 838. The predicted octanol–water partition coefficient (Wildman–Crippen LogP) is 4.04. The highest BCUT2D eigenvalue weighted by Crippen LogP contribution is 2.52. The second kappa shape index (κ2) is 7.32. The molecule has 4 nitrogen and oxygen atoms in total. The Balaban J connectivity index is 1.28. The number of fused-ring (bicyclic) bond motifs is 2. The van der Waals surface area contributed by atoms with Crippen molar-refractivity contribution in [1.29, 1.82) is 0 Å². The van der Waals surface area contributed by atoms with Gasteiger partial charge in [0.25, 0.3) is 0 Å². The number of hydrogen-bond donors (Lipinski definition) is 0. The lowest BCUT2D eigenvalue weighted by Crippen LogP contribution is -2.49. The van der Waals surface area contributed by atoms with Crippen molar-refractivity contribution in [3.63, 3.8) is 0 Å². The van der Waals surface area contributed by atoms with Crippen molar-refractivity contribution < 1.29 is 9.53 Å². The number of para-hydroxylation sites is 1. The quantitative estimate of drug-likeness (QED) is 0.727. The zero-order chi connectivity index (χ0) is 20.0. The molecular weight excluding hydrogens is 360 g/mol. The zero-order valence-electron chi connectivity index (χ0n) is 17.6. The third kappa shape index (κ3) is 3.42. The SMILES string of the molecule is CC1=CCC[C@]2(C)C[C@H]3OC(=O)[C@@H](CN4CCN(c5ccccc5)CC4)[C@H]3C=C12. The summed E-state index contributed by atoms with van der Waals surface area (Å²) < 4.78 is 5.92. The van der Waals surface area contributed by atoms with Gasteiger partial charge in [0, 0.05) is 44.3 Å². The Morgan fingerprint density at radius 3 is 2.66 bits per heavy atom. The largest absolute Gasteiger partial charge is 0.461 e. The summed E-state index contributed by atoms with van der Waals surface area (Å²) in [7, 11) is 0. The fourth-order valence-corrected chi connectivity index (χ4v) is 5.94. The Labute approximate surface area is 174 Å². The van der Waals surface area contributed by atoms with E-state index in [1.54, 1.807) is 0 Å². The van der Waals surface area contributed by atoms with Crippen molar-refractivity contribution in [2.75, 3.05) is 37.6 Å². The summed E-state index contributed by atoms with van der Waals surface area (Å²) in [5.74, 6) is 0.237. The summed E-state index contributed by atoms with van der Waals surface area (Å²) in [6.07, 6.45) is 8.14. The molecule has 1 aromatic rings. The summed E-state index contributed by atoms with van der Waals surface area (Å²) in [5.41, 5.74) is 4.36. The summed E-state index contributed by atoms with van der Waals surface area (Å²) >= 11 is 0. The molecule has 2 saturated heterocycles. The number of carbonyl (C=O) groups excluding carboxylic acids is 1. The molecule has 0 spiro atoms. The molecule has 2 heterocycles. The molecule has 4 heteroatoms. The molecule has 2 aliphatic carbocycles. The van der Waals surface area contributed by atoms with Crippen LogP contribution < -0.4 is 4.90 Å². The topological polar surface area (TPSA) is 32.8 Å². The molecule has 2 fully saturated rings. The fourth-order valence-electron chi connectivity index (χ4n) is 5.94. The van der Waals surface area contributed by atoms with Crippen molar-refractivity contribution in [3.8, 4) is 0 Å². The van der Waals surface area contributed by atoms with E-state index in [-0.39, 0.29) is 29.3 Å². The third-order valence-corrected chi connectivity index (χ3v) is 7.65. The van der Waals surface area contributed by atoms with Gasteiger partial charge in [-0.15, -0.1) is 0 Å². The van der Waals surface area contributed by atoms with Crippen molar-refractivity contribution in [1.82, 2.24) is 4.90 Å². The first kappa shape index (κ1) is 18.9. The van der Waals surface area contributed by atoms with Crippen molar-refractivity contribution in [3.05, 3.63) is 53.6 Å². The van der Waals surface area contributed by atoms with Crippen LogP contribution in [0.5, 0.6) is 0 Å². The maximum atomic E-state index is 12.8.